The molecule has 0 radical (unpaired) electrons. The van der Waals surface area contributed by atoms with E-state index in [4.69, 9.17) is 8.60 Å². The highest BCUT2D eigenvalue weighted by Crippen LogP contribution is 2.23. The van der Waals surface area contributed by atoms with Crippen LogP contribution in [0.2, 0.25) is 0 Å². The van der Waals surface area contributed by atoms with Crippen LogP contribution in [-0.2, 0) is 10.1 Å². The molecule has 0 fully saturated rings. The summed E-state index contributed by atoms with van der Waals surface area (Å²) in [6, 6.07) is 5.97. The zero-order chi connectivity index (χ0) is 13.3. The first-order valence-corrected chi connectivity index (χ1v) is 6.96. The van der Waals surface area contributed by atoms with Gasteiger partial charge in [-0.3, -0.25) is 0 Å². The Morgan fingerprint density at radius 3 is 2.67 bits per heavy atom. The van der Waals surface area contributed by atoms with Crippen LogP contribution in [-0.4, -0.2) is 14.2 Å². The first kappa shape index (κ1) is 12.6. The minimum atomic E-state index is -3.58. The molecule has 2 aromatic rings. The van der Waals surface area contributed by atoms with Crippen LogP contribution >= 0.6 is 0 Å². The maximum absolute atomic E-state index is 11.3. The third-order valence-corrected chi connectivity index (χ3v) is 3.65. The van der Waals surface area contributed by atoms with Crippen LogP contribution in [0.15, 0.2) is 33.5 Å². The first-order chi connectivity index (χ1) is 8.41. The van der Waals surface area contributed by atoms with Crippen molar-refractivity contribution in [2.75, 3.05) is 5.75 Å². The zero-order valence-electron chi connectivity index (χ0n) is 9.97. The predicted molar refractivity (Wildman–Crippen MR) is 67.3 cm³/mol. The van der Waals surface area contributed by atoms with Crippen LogP contribution in [0.1, 0.15) is 12.5 Å². The second-order valence-corrected chi connectivity index (χ2v) is 5.70. The maximum Gasteiger partial charge on any atom is 0.336 e. The van der Waals surface area contributed by atoms with E-state index in [1.54, 1.807) is 13.0 Å². The number of rotatable bonds is 3. The average Bonchev–Trinajstić information content (AvgIpc) is 2.27. The largest absolute Gasteiger partial charge is 0.423 e. The minimum Gasteiger partial charge on any atom is -0.423 e. The van der Waals surface area contributed by atoms with E-state index in [2.05, 4.69) is 0 Å². The molecule has 0 spiro atoms. The molecular weight excluding hydrogens is 256 g/mol. The molecule has 0 bridgehead atoms. The Hall–Kier alpha value is -1.82. The van der Waals surface area contributed by atoms with Gasteiger partial charge in [-0.05, 0) is 31.5 Å². The van der Waals surface area contributed by atoms with Gasteiger partial charge in [0.05, 0.1) is 5.75 Å². The van der Waals surface area contributed by atoms with Gasteiger partial charge in [-0.1, -0.05) is 0 Å². The predicted octanol–water partition coefficient (Wildman–Crippen LogP) is 1.83. The fraction of sp³-hybridized carbons (Fsp3) is 0.250. The molecule has 1 aromatic heterocycles. The van der Waals surface area contributed by atoms with Crippen LogP contribution in [0.4, 0.5) is 0 Å². The number of hydrogen-bond donors (Lipinski definition) is 0. The monoisotopic (exact) mass is 268 g/mol. The molecule has 2 rings (SSSR count). The molecule has 18 heavy (non-hydrogen) atoms. The Labute approximate surface area is 104 Å². The summed E-state index contributed by atoms with van der Waals surface area (Å²) in [6.07, 6.45) is 0. The Morgan fingerprint density at radius 1 is 1.28 bits per heavy atom. The van der Waals surface area contributed by atoms with Crippen LogP contribution in [0.5, 0.6) is 5.75 Å². The van der Waals surface area contributed by atoms with Crippen molar-refractivity contribution in [1.82, 2.24) is 0 Å². The highest BCUT2D eigenvalue weighted by molar-refractivity contribution is 7.87. The molecule has 0 aliphatic rings. The Balaban J connectivity index is 2.54. The average molecular weight is 268 g/mol. The van der Waals surface area contributed by atoms with Gasteiger partial charge in [-0.2, -0.15) is 8.42 Å². The summed E-state index contributed by atoms with van der Waals surface area (Å²) in [5, 5.41) is 0.746. The molecule has 6 heteroatoms. The second-order valence-electron chi connectivity index (χ2n) is 3.84. The molecule has 0 aliphatic carbocycles. The van der Waals surface area contributed by atoms with E-state index >= 15 is 0 Å². The fourth-order valence-corrected chi connectivity index (χ4v) is 2.08. The molecule has 0 N–H and O–H groups in total. The van der Waals surface area contributed by atoms with Crippen molar-refractivity contribution in [1.29, 1.82) is 0 Å². The van der Waals surface area contributed by atoms with Gasteiger partial charge < -0.3 is 8.60 Å². The summed E-state index contributed by atoms with van der Waals surface area (Å²) in [5.41, 5.74) is 0.602. The smallest absolute Gasteiger partial charge is 0.336 e. The number of hydrogen-bond acceptors (Lipinski definition) is 5. The van der Waals surface area contributed by atoms with Crippen molar-refractivity contribution in [2.45, 2.75) is 13.8 Å². The molecular formula is C12H12O5S. The summed E-state index contributed by atoms with van der Waals surface area (Å²) in [6.45, 7) is 3.27. The van der Waals surface area contributed by atoms with Crippen molar-refractivity contribution in [3.63, 3.8) is 0 Å². The van der Waals surface area contributed by atoms with Crippen LogP contribution in [0.3, 0.4) is 0 Å². The highest BCUT2D eigenvalue weighted by atomic mass is 32.2. The van der Waals surface area contributed by atoms with Gasteiger partial charge in [0, 0.05) is 17.5 Å². The zero-order valence-corrected chi connectivity index (χ0v) is 10.8. The summed E-state index contributed by atoms with van der Waals surface area (Å²) in [5.74, 6) is 0.0149. The molecule has 0 saturated carbocycles. The molecule has 1 heterocycles. The number of fused-ring (bicyclic) bond motifs is 1. The lowest BCUT2D eigenvalue weighted by atomic mass is 10.1. The van der Waals surface area contributed by atoms with Crippen LogP contribution in [0.25, 0.3) is 11.0 Å². The van der Waals surface area contributed by atoms with Crippen molar-refractivity contribution in [3.8, 4) is 5.75 Å². The topological polar surface area (TPSA) is 73.6 Å². The third-order valence-electron chi connectivity index (χ3n) is 2.50. The van der Waals surface area contributed by atoms with E-state index in [0.29, 0.717) is 5.58 Å². The quantitative estimate of drug-likeness (QED) is 0.627. The number of aryl methyl sites for hydroxylation is 1. The Bertz CT molecular complexity index is 743. The van der Waals surface area contributed by atoms with E-state index in [9.17, 15) is 13.2 Å². The van der Waals surface area contributed by atoms with Gasteiger partial charge in [-0.25, -0.2) is 4.79 Å². The standard InChI is InChI=1S/C12H12O5S/c1-3-18(14,15)17-9-4-5-10-8(2)6-12(13)16-11(10)7-9/h4-7H,3H2,1-2H3. The van der Waals surface area contributed by atoms with Crippen LogP contribution in [0, 0.1) is 6.92 Å². The lowest BCUT2D eigenvalue weighted by Crippen LogP contribution is -2.11. The van der Waals surface area contributed by atoms with E-state index in [1.807, 2.05) is 0 Å². The van der Waals surface area contributed by atoms with E-state index in [0.717, 1.165) is 10.9 Å². The molecule has 96 valence electrons. The summed E-state index contributed by atoms with van der Waals surface area (Å²) in [4.78, 5) is 11.2. The SMILES string of the molecule is CCS(=O)(=O)Oc1ccc2c(C)cc(=O)oc2c1. The summed E-state index contributed by atoms with van der Waals surface area (Å²) >= 11 is 0. The second kappa shape index (κ2) is 4.45. The fourth-order valence-electron chi connectivity index (χ4n) is 1.56. The summed E-state index contributed by atoms with van der Waals surface area (Å²) in [7, 11) is -3.58. The van der Waals surface area contributed by atoms with E-state index < -0.39 is 15.7 Å². The molecule has 0 atom stereocenters. The van der Waals surface area contributed by atoms with Gasteiger partial charge >= 0.3 is 15.7 Å². The Morgan fingerprint density at radius 2 is 2.00 bits per heavy atom. The minimum absolute atomic E-state index is 0.122. The third kappa shape index (κ3) is 2.53. The molecule has 0 saturated heterocycles. The first-order valence-electron chi connectivity index (χ1n) is 5.38. The van der Waals surface area contributed by atoms with Gasteiger partial charge in [0.15, 0.2) is 0 Å². The Kier molecular flexibility index (Phi) is 3.13. The normalized spacial score (nSPS) is 11.7. The van der Waals surface area contributed by atoms with Crippen molar-refractivity contribution in [3.05, 3.63) is 40.2 Å². The van der Waals surface area contributed by atoms with Crippen molar-refractivity contribution < 1.29 is 17.0 Å². The van der Waals surface area contributed by atoms with Gasteiger partial charge in [0.2, 0.25) is 0 Å². The van der Waals surface area contributed by atoms with E-state index in [-0.39, 0.29) is 11.5 Å². The maximum atomic E-state index is 11.3. The van der Waals surface area contributed by atoms with Gasteiger partial charge in [0.1, 0.15) is 11.3 Å². The molecule has 1 aromatic carbocycles. The molecule has 0 unspecified atom stereocenters. The number of benzene rings is 1. The van der Waals surface area contributed by atoms with Crippen LogP contribution < -0.4 is 9.81 Å². The van der Waals surface area contributed by atoms with Crippen molar-refractivity contribution >= 4 is 21.1 Å². The summed E-state index contributed by atoms with van der Waals surface area (Å²) < 4.78 is 32.5. The lowest BCUT2D eigenvalue weighted by molar-refractivity contribution is 0.486. The van der Waals surface area contributed by atoms with Gasteiger partial charge in [0.25, 0.3) is 0 Å². The van der Waals surface area contributed by atoms with E-state index in [1.165, 1.54) is 25.1 Å². The molecule has 0 amide bonds. The van der Waals surface area contributed by atoms with Crippen molar-refractivity contribution in [2.24, 2.45) is 0 Å². The molecule has 5 nitrogen and oxygen atoms in total. The molecule has 0 aliphatic heterocycles. The lowest BCUT2D eigenvalue weighted by Gasteiger charge is -2.06. The van der Waals surface area contributed by atoms with Gasteiger partial charge in [-0.15, -0.1) is 0 Å². The highest BCUT2D eigenvalue weighted by Gasteiger charge is 2.11.